The summed E-state index contributed by atoms with van der Waals surface area (Å²) in [5.74, 6) is 0. The topological polar surface area (TPSA) is 17.3 Å². The Morgan fingerprint density at radius 2 is 1.92 bits per heavy atom. The van der Waals surface area contributed by atoms with Crippen LogP contribution in [0.1, 0.15) is 0 Å². The van der Waals surface area contributed by atoms with Gasteiger partial charge in [-0.1, -0.05) is 18.2 Å². The third-order valence-corrected chi connectivity index (χ3v) is 2.21. The van der Waals surface area contributed by atoms with Gasteiger partial charge in [0.05, 0.1) is 5.52 Å². The predicted octanol–water partition coefficient (Wildman–Crippen LogP) is 2.49. The first kappa shape index (κ1) is 6.66. The van der Waals surface area contributed by atoms with Crippen LogP contribution in [0, 0.1) is 0 Å². The number of para-hydroxylation sites is 1. The quantitative estimate of drug-likeness (QED) is 0.504. The summed E-state index contributed by atoms with van der Waals surface area (Å²) in [7, 11) is 0. The number of nitrogens with zero attached hydrogens (tertiary/aromatic N) is 2. The van der Waals surface area contributed by atoms with Crippen molar-refractivity contribution in [3.63, 3.8) is 0 Å². The average molecular weight is 168 g/mol. The summed E-state index contributed by atoms with van der Waals surface area (Å²) < 4.78 is 2.03. The highest BCUT2D eigenvalue weighted by Gasteiger charge is 1.96. The lowest BCUT2D eigenvalue weighted by Crippen LogP contribution is -1.86. The van der Waals surface area contributed by atoms with Gasteiger partial charge in [0.25, 0.3) is 0 Å². The normalized spacial score (nSPS) is 11.1. The first-order valence-corrected chi connectivity index (χ1v) is 4.26. The van der Waals surface area contributed by atoms with Gasteiger partial charge >= 0.3 is 0 Å². The molecule has 0 aliphatic carbocycles. The van der Waals surface area contributed by atoms with E-state index < -0.39 is 0 Å². The molecular weight excluding hydrogens is 160 g/mol. The number of hydrogen-bond donors (Lipinski definition) is 0. The molecule has 0 fully saturated rings. The van der Waals surface area contributed by atoms with Crippen molar-refractivity contribution in [3.8, 4) is 0 Å². The average Bonchev–Trinajstić information content (AvgIpc) is 2.61. The van der Waals surface area contributed by atoms with E-state index in [1.807, 2.05) is 40.9 Å². The molecule has 2 heterocycles. The molecule has 0 aliphatic rings. The van der Waals surface area contributed by atoms with Gasteiger partial charge in [-0.3, -0.25) is 0 Å². The van der Waals surface area contributed by atoms with Crippen LogP contribution in [0.5, 0.6) is 0 Å². The SMILES string of the molecule is c1ccc2nc3cccn3cc2c1. The maximum Gasteiger partial charge on any atom is 0.137 e. The van der Waals surface area contributed by atoms with Crippen LogP contribution >= 0.6 is 0 Å². The number of aromatic nitrogens is 2. The number of fused-ring (bicyclic) bond motifs is 2. The summed E-state index contributed by atoms with van der Waals surface area (Å²) in [6, 6.07) is 12.1. The molecule has 0 aliphatic heterocycles. The minimum absolute atomic E-state index is 0.999. The highest BCUT2D eigenvalue weighted by atomic mass is 15.0. The predicted molar refractivity (Wildman–Crippen MR) is 52.7 cm³/mol. The molecule has 0 saturated heterocycles. The molecule has 0 unspecified atom stereocenters. The van der Waals surface area contributed by atoms with Crippen molar-refractivity contribution in [1.29, 1.82) is 0 Å². The third kappa shape index (κ3) is 0.920. The summed E-state index contributed by atoms with van der Waals surface area (Å²) >= 11 is 0. The van der Waals surface area contributed by atoms with Crippen molar-refractivity contribution in [1.82, 2.24) is 9.38 Å². The van der Waals surface area contributed by atoms with Crippen LogP contribution in [-0.2, 0) is 0 Å². The zero-order valence-electron chi connectivity index (χ0n) is 7.01. The summed E-state index contributed by atoms with van der Waals surface area (Å²) in [4.78, 5) is 4.50. The van der Waals surface area contributed by atoms with E-state index >= 15 is 0 Å². The second kappa shape index (κ2) is 2.33. The Morgan fingerprint density at radius 1 is 1.00 bits per heavy atom. The van der Waals surface area contributed by atoms with Gasteiger partial charge in [-0.2, -0.15) is 0 Å². The van der Waals surface area contributed by atoms with Crippen molar-refractivity contribution in [2.75, 3.05) is 0 Å². The van der Waals surface area contributed by atoms with Crippen LogP contribution in [0.4, 0.5) is 0 Å². The zero-order valence-corrected chi connectivity index (χ0v) is 7.01. The fraction of sp³-hybridized carbons (Fsp3) is 0. The molecule has 0 N–H and O–H groups in total. The Morgan fingerprint density at radius 3 is 2.92 bits per heavy atom. The molecule has 13 heavy (non-hydrogen) atoms. The highest BCUT2D eigenvalue weighted by molar-refractivity contribution is 5.79. The first-order chi connectivity index (χ1) is 6.43. The Balaban J connectivity index is 2.57. The van der Waals surface area contributed by atoms with E-state index in [2.05, 4.69) is 17.2 Å². The molecule has 0 atom stereocenters. The number of rotatable bonds is 0. The van der Waals surface area contributed by atoms with E-state index in [0.717, 1.165) is 11.2 Å². The van der Waals surface area contributed by atoms with E-state index in [-0.39, 0.29) is 0 Å². The van der Waals surface area contributed by atoms with Crippen LogP contribution in [0.3, 0.4) is 0 Å². The Bertz CT molecular complexity index is 517. The first-order valence-electron chi connectivity index (χ1n) is 4.26. The molecule has 62 valence electrons. The second-order valence-corrected chi connectivity index (χ2v) is 3.07. The molecule has 0 spiro atoms. The monoisotopic (exact) mass is 168 g/mol. The summed E-state index contributed by atoms with van der Waals surface area (Å²) in [5.41, 5.74) is 2.05. The molecule has 2 nitrogen and oxygen atoms in total. The zero-order chi connectivity index (χ0) is 8.67. The second-order valence-electron chi connectivity index (χ2n) is 3.07. The van der Waals surface area contributed by atoms with Crippen LogP contribution < -0.4 is 0 Å². The van der Waals surface area contributed by atoms with Gasteiger partial charge in [0, 0.05) is 17.8 Å². The van der Waals surface area contributed by atoms with E-state index in [9.17, 15) is 0 Å². The molecule has 0 radical (unpaired) electrons. The number of benzene rings is 1. The largest absolute Gasteiger partial charge is 0.308 e. The Labute approximate surface area is 75.5 Å². The van der Waals surface area contributed by atoms with E-state index in [1.54, 1.807) is 0 Å². The fourth-order valence-electron chi connectivity index (χ4n) is 1.56. The van der Waals surface area contributed by atoms with Gasteiger partial charge in [-0.25, -0.2) is 4.98 Å². The van der Waals surface area contributed by atoms with Gasteiger partial charge in [0.1, 0.15) is 5.65 Å². The molecule has 0 amide bonds. The van der Waals surface area contributed by atoms with Gasteiger partial charge in [0.2, 0.25) is 0 Å². The van der Waals surface area contributed by atoms with Crippen molar-refractivity contribution in [2.24, 2.45) is 0 Å². The highest BCUT2D eigenvalue weighted by Crippen LogP contribution is 2.12. The van der Waals surface area contributed by atoms with Crippen molar-refractivity contribution >= 4 is 16.6 Å². The summed E-state index contributed by atoms with van der Waals surface area (Å²) in [6.07, 6.45) is 4.10. The maximum absolute atomic E-state index is 4.50. The van der Waals surface area contributed by atoms with E-state index in [1.165, 1.54) is 5.39 Å². The molecule has 2 heteroatoms. The van der Waals surface area contributed by atoms with Crippen molar-refractivity contribution < 1.29 is 0 Å². The Hall–Kier alpha value is -1.83. The number of hydrogen-bond acceptors (Lipinski definition) is 1. The van der Waals surface area contributed by atoms with Crippen LogP contribution in [0.2, 0.25) is 0 Å². The lowest BCUT2D eigenvalue weighted by Gasteiger charge is -1.98. The third-order valence-electron chi connectivity index (χ3n) is 2.21. The molecule has 0 bridgehead atoms. The molecule has 3 aromatic rings. The van der Waals surface area contributed by atoms with Gasteiger partial charge in [0.15, 0.2) is 0 Å². The summed E-state index contributed by atoms with van der Waals surface area (Å²) in [6.45, 7) is 0. The lowest BCUT2D eigenvalue weighted by atomic mass is 10.2. The molecular formula is C11H8N2. The van der Waals surface area contributed by atoms with Crippen molar-refractivity contribution in [2.45, 2.75) is 0 Å². The van der Waals surface area contributed by atoms with E-state index in [4.69, 9.17) is 0 Å². The van der Waals surface area contributed by atoms with Crippen LogP contribution in [-0.4, -0.2) is 9.38 Å². The minimum atomic E-state index is 0.999. The lowest BCUT2D eigenvalue weighted by molar-refractivity contribution is 1.17. The van der Waals surface area contributed by atoms with Gasteiger partial charge in [-0.15, -0.1) is 0 Å². The fourth-order valence-corrected chi connectivity index (χ4v) is 1.56. The van der Waals surface area contributed by atoms with Crippen LogP contribution in [0.15, 0.2) is 48.8 Å². The standard InChI is InChI=1S/C11H8N2/c1-2-5-10-9(4-1)8-13-7-3-6-11(13)12-10/h1-8H. The van der Waals surface area contributed by atoms with Crippen molar-refractivity contribution in [3.05, 3.63) is 48.8 Å². The smallest absolute Gasteiger partial charge is 0.137 e. The maximum atomic E-state index is 4.50. The molecule has 0 saturated carbocycles. The molecule has 1 aromatic carbocycles. The van der Waals surface area contributed by atoms with E-state index in [0.29, 0.717) is 0 Å². The summed E-state index contributed by atoms with van der Waals surface area (Å²) in [5, 5.41) is 1.17. The van der Waals surface area contributed by atoms with Gasteiger partial charge < -0.3 is 4.40 Å². The minimum Gasteiger partial charge on any atom is -0.308 e. The molecule has 3 rings (SSSR count). The molecule has 2 aromatic heterocycles. The van der Waals surface area contributed by atoms with Gasteiger partial charge in [-0.05, 0) is 18.2 Å². The van der Waals surface area contributed by atoms with Crippen LogP contribution in [0.25, 0.3) is 16.6 Å². The Kier molecular flexibility index (Phi) is 1.19.